The van der Waals surface area contributed by atoms with E-state index >= 15 is 0 Å². The quantitative estimate of drug-likeness (QED) is 0.812. The number of carbonyl (C=O) groups excluding carboxylic acids is 1. The van der Waals surface area contributed by atoms with E-state index in [9.17, 15) is 9.59 Å². The number of benzene rings is 1. The highest BCUT2D eigenvalue weighted by molar-refractivity contribution is 6.12. The lowest BCUT2D eigenvalue weighted by atomic mass is 9.89. The fraction of sp³-hybridized carbons (Fsp3) is 0.444. The molecule has 3 rings (SSSR count). The molecule has 2 atom stereocenters. The molecule has 0 radical (unpaired) electrons. The van der Waals surface area contributed by atoms with Crippen molar-refractivity contribution >= 4 is 16.8 Å². The van der Waals surface area contributed by atoms with Crippen molar-refractivity contribution in [1.82, 2.24) is 0 Å². The summed E-state index contributed by atoms with van der Waals surface area (Å²) in [6.07, 6.45) is 1.34. The van der Waals surface area contributed by atoms with Gasteiger partial charge in [0.05, 0.1) is 18.4 Å². The summed E-state index contributed by atoms with van der Waals surface area (Å²) in [4.78, 5) is 24.7. The van der Waals surface area contributed by atoms with Gasteiger partial charge in [0.25, 0.3) is 0 Å². The van der Waals surface area contributed by atoms with Crippen LogP contribution in [-0.4, -0.2) is 19.0 Å². The summed E-state index contributed by atoms with van der Waals surface area (Å²) >= 11 is 0. The number of carbonyl (C=O) groups is 1. The summed E-state index contributed by atoms with van der Waals surface area (Å²) in [5, 5.41) is 0.686. The lowest BCUT2D eigenvalue weighted by molar-refractivity contribution is 0.0731. The average molecular weight is 316 g/mol. The van der Waals surface area contributed by atoms with Gasteiger partial charge in [0, 0.05) is 12.1 Å². The number of methoxy groups -OCH3 is 1. The van der Waals surface area contributed by atoms with E-state index in [2.05, 4.69) is 0 Å². The van der Waals surface area contributed by atoms with Gasteiger partial charge in [0.2, 0.25) is 0 Å². The number of fused-ring (bicyclic) bond motifs is 3. The summed E-state index contributed by atoms with van der Waals surface area (Å²) in [5.41, 5.74) is 0.994. The molecule has 0 unspecified atom stereocenters. The van der Waals surface area contributed by atoms with Crippen molar-refractivity contribution in [2.45, 2.75) is 39.7 Å². The molecule has 0 saturated carbocycles. The first-order chi connectivity index (χ1) is 11.0. The highest BCUT2D eigenvalue weighted by Crippen LogP contribution is 2.41. The molecule has 1 aliphatic heterocycles. The Bertz CT molecular complexity index is 833. The standard InChI is InChI=1S/C18H20O5/c1-5-6-11-7-14(19)23-18-15(11)12(21-4)8-13-16(18)17(20)9(2)10(3)22-13/h7-10H,5-6H2,1-4H3/t9-,10-/m0/s1. The SMILES string of the molecule is CCCc1cc(=O)oc2c3c(cc(OC)c12)O[C@@H](C)[C@H](C)C3=O. The molecule has 122 valence electrons. The van der Waals surface area contributed by atoms with Crippen LogP contribution in [0.15, 0.2) is 21.3 Å². The smallest absolute Gasteiger partial charge is 0.336 e. The third-order valence-corrected chi connectivity index (χ3v) is 4.44. The van der Waals surface area contributed by atoms with Crippen LogP contribution in [0.1, 0.15) is 43.1 Å². The van der Waals surface area contributed by atoms with Crippen LogP contribution in [0.3, 0.4) is 0 Å². The second-order valence-corrected chi connectivity index (χ2v) is 5.97. The van der Waals surface area contributed by atoms with Gasteiger partial charge in [0.1, 0.15) is 23.2 Å². The molecular formula is C18H20O5. The molecule has 1 aliphatic rings. The highest BCUT2D eigenvalue weighted by Gasteiger charge is 2.35. The van der Waals surface area contributed by atoms with E-state index in [0.717, 1.165) is 12.0 Å². The normalized spacial score (nSPS) is 20.3. The Morgan fingerprint density at radius 3 is 2.61 bits per heavy atom. The number of Topliss-reactive ketones (excluding diaryl/α,β-unsaturated/α-hetero) is 1. The zero-order chi connectivity index (χ0) is 16.7. The minimum atomic E-state index is -0.463. The van der Waals surface area contributed by atoms with Crippen LogP contribution in [-0.2, 0) is 6.42 Å². The maximum atomic E-state index is 12.7. The predicted octanol–water partition coefficient (Wildman–Crippen LogP) is 3.35. The van der Waals surface area contributed by atoms with Gasteiger partial charge in [0.15, 0.2) is 11.4 Å². The summed E-state index contributed by atoms with van der Waals surface area (Å²) in [5.74, 6) is 0.615. The first-order valence-corrected chi connectivity index (χ1v) is 7.86. The Kier molecular flexibility index (Phi) is 3.88. The van der Waals surface area contributed by atoms with Crippen LogP contribution in [0.2, 0.25) is 0 Å². The van der Waals surface area contributed by atoms with Crippen LogP contribution >= 0.6 is 0 Å². The van der Waals surface area contributed by atoms with Crippen LogP contribution < -0.4 is 15.1 Å². The average Bonchev–Trinajstić information content (AvgIpc) is 2.51. The second kappa shape index (κ2) is 5.72. The second-order valence-electron chi connectivity index (χ2n) is 5.97. The van der Waals surface area contributed by atoms with Gasteiger partial charge in [-0.15, -0.1) is 0 Å². The van der Waals surface area contributed by atoms with Gasteiger partial charge in [-0.05, 0) is 18.9 Å². The van der Waals surface area contributed by atoms with Crippen molar-refractivity contribution in [3.8, 4) is 11.5 Å². The van der Waals surface area contributed by atoms with Crippen molar-refractivity contribution < 1.29 is 18.7 Å². The Morgan fingerprint density at radius 1 is 1.22 bits per heavy atom. The summed E-state index contributed by atoms with van der Waals surface area (Å²) < 4.78 is 16.7. The molecule has 0 saturated heterocycles. The number of aryl methyl sites for hydroxylation is 1. The van der Waals surface area contributed by atoms with Crippen molar-refractivity contribution in [3.63, 3.8) is 0 Å². The molecule has 5 heteroatoms. The van der Waals surface area contributed by atoms with Gasteiger partial charge in [-0.1, -0.05) is 20.3 Å². The van der Waals surface area contributed by atoms with Crippen LogP contribution in [0.5, 0.6) is 11.5 Å². The molecule has 2 heterocycles. The van der Waals surface area contributed by atoms with E-state index in [1.807, 2.05) is 20.8 Å². The number of ketones is 1. The van der Waals surface area contributed by atoms with E-state index in [1.165, 1.54) is 6.07 Å². The number of rotatable bonds is 3. The van der Waals surface area contributed by atoms with Crippen LogP contribution in [0.25, 0.3) is 11.0 Å². The molecule has 0 fully saturated rings. The van der Waals surface area contributed by atoms with Crippen molar-refractivity contribution in [3.05, 3.63) is 33.7 Å². The Labute approximate surface area is 134 Å². The molecule has 0 amide bonds. The fourth-order valence-corrected chi connectivity index (χ4v) is 3.06. The van der Waals surface area contributed by atoms with Gasteiger partial charge in [-0.3, -0.25) is 4.79 Å². The Morgan fingerprint density at radius 2 is 1.96 bits per heavy atom. The van der Waals surface area contributed by atoms with E-state index in [-0.39, 0.29) is 23.4 Å². The number of hydrogen-bond donors (Lipinski definition) is 0. The van der Waals surface area contributed by atoms with Crippen LogP contribution in [0, 0.1) is 5.92 Å². The van der Waals surface area contributed by atoms with Gasteiger partial charge >= 0.3 is 5.63 Å². The zero-order valence-corrected chi connectivity index (χ0v) is 13.8. The maximum Gasteiger partial charge on any atom is 0.336 e. The fourth-order valence-electron chi connectivity index (χ4n) is 3.06. The van der Waals surface area contributed by atoms with Crippen molar-refractivity contribution in [2.24, 2.45) is 5.92 Å². The molecule has 1 aromatic heterocycles. The van der Waals surface area contributed by atoms with Gasteiger partial charge < -0.3 is 13.9 Å². The minimum absolute atomic E-state index is 0.0665. The van der Waals surface area contributed by atoms with Gasteiger partial charge in [-0.2, -0.15) is 0 Å². The molecule has 2 aromatic rings. The van der Waals surface area contributed by atoms with Gasteiger partial charge in [-0.25, -0.2) is 4.79 Å². The Hall–Kier alpha value is -2.30. The molecule has 0 N–H and O–H groups in total. The van der Waals surface area contributed by atoms with E-state index in [4.69, 9.17) is 13.9 Å². The van der Waals surface area contributed by atoms with Crippen LogP contribution in [0.4, 0.5) is 0 Å². The predicted molar refractivity (Wildman–Crippen MR) is 86.6 cm³/mol. The molecule has 0 bridgehead atoms. The number of ether oxygens (including phenoxy) is 2. The van der Waals surface area contributed by atoms with E-state index in [1.54, 1.807) is 13.2 Å². The third-order valence-electron chi connectivity index (χ3n) is 4.44. The summed E-state index contributed by atoms with van der Waals surface area (Å²) in [7, 11) is 1.55. The largest absolute Gasteiger partial charge is 0.496 e. The molecule has 23 heavy (non-hydrogen) atoms. The first-order valence-electron chi connectivity index (χ1n) is 7.86. The minimum Gasteiger partial charge on any atom is -0.496 e. The summed E-state index contributed by atoms with van der Waals surface area (Å²) in [6.45, 7) is 5.70. The molecular weight excluding hydrogens is 296 g/mol. The molecule has 1 aromatic carbocycles. The van der Waals surface area contributed by atoms with Crippen molar-refractivity contribution in [1.29, 1.82) is 0 Å². The molecule has 0 aliphatic carbocycles. The monoisotopic (exact) mass is 316 g/mol. The zero-order valence-electron chi connectivity index (χ0n) is 13.8. The lowest BCUT2D eigenvalue weighted by Crippen LogP contribution is -2.33. The Balaban J connectivity index is 2.43. The van der Waals surface area contributed by atoms with E-state index in [0.29, 0.717) is 28.9 Å². The maximum absolute atomic E-state index is 12.7. The van der Waals surface area contributed by atoms with E-state index < -0.39 is 5.63 Å². The lowest BCUT2D eigenvalue weighted by Gasteiger charge is -2.28. The first kappa shape index (κ1) is 15.6. The topological polar surface area (TPSA) is 65.7 Å². The number of hydrogen-bond acceptors (Lipinski definition) is 5. The molecule has 5 nitrogen and oxygen atoms in total. The van der Waals surface area contributed by atoms with Crippen molar-refractivity contribution in [2.75, 3.05) is 7.11 Å². The third kappa shape index (κ3) is 2.40. The molecule has 0 spiro atoms. The summed E-state index contributed by atoms with van der Waals surface area (Å²) in [6, 6.07) is 3.19. The highest BCUT2D eigenvalue weighted by atomic mass is 16.5.